The fraction of sp³-hybridized carbons (Fsp3) is 1.00. The first-order chi connectivity index (χ1) is 8.71. The highest BCUT2D eigenvalue weighted by molar-refractivity contribution is 4.96. The van der Waals surface area contributed by atoms with Crippen LogP contribution in [0.15, 0.2) is 0 Å². The summed E-state index contributed by atoms with van der Waals surface area (Å²) in [5.74, 6) is 0. The molecule has 108 valence electrons. The maximum Gasteiger partial charge on any atom is 0.0474 e. The summed E-state index contributed by atoms with van der Waals surface area (Å²) in [6.07, 6.45) is 6.19. The first-order valence-corrected chi connectivity index (χ1v) is 7.69. The van der Waals surface area contributed by atoms with E-state index in [9.17, 15) is 0 Å². The minimum Gasteiger partial charge on any atom is -0.385 e. The van der Waals surface area contributed by atoms with Crippen molar-refractivity contribution in [3.8, 4) is 0 Å². The molecule has 1 rings (SSSR count). The zero-order valence-corrected chi connectivity index (χ0v) is 12.8. The van der Waals surface area contributed by atoms with Gasteiger partial charge >= 0.3 is 0 Å². The number of nitrogens with zero attached hydrogens (tertiary/aromatic N) is 1. The van der Waals surface area contributed by atoms with Crippen LogP contribution in [-0.4, -0.2) is 49.8 Å². The molecule has 1 N–H and O–H groups in total. The van der Waals surface area contributed by atoms with Crippen LogP contribution in [0.25, 0.3) is 0 Å². The Hall–Kier alpha value is -0.120. The van der Waals surface area contributed by atoms with Crippen LogP contribution >= 0.6 is 0 Å². The third-order valence-electron chi connectivity index (χ3n) is 4.50. The zero-order valence-electron chi connectivity index (χ0n) is 12.8. The van der Waals surface area contributed by atoms with Crippen molar-refractivity contribution < 1.29 is 4.74 Å². The number of rotatable bonds is 8. The number of nitrogens with one attached hydrogen (secondary N) is 1. The Morgan fingerprint density at radius 3 is 2.56 bits per heavy atom. The van der Waals surface area contributed by atoms with Crippen molar-refractivity contribution in [2.45, 2.75) is 64.5 Å². The lowest BCUT2D eigenvalue weighted by molar-refractivity contribution is 0.0595. The van der Waals surface area contributed by atoms with E-state index in [1.54, 1.807) is 7.11 Å². The maximum atomic E-state index is 5.19. The second-order valence-electron chi connectivity index (χ2n) is 5.63. The largest absolute Gasteiger partial charge is 0.385 e. The van der Waals surface area contributed by atoms with E-state index in [4.69, 9.17) is 4.74 Å². The van der Waals surface area contributed by atoms with Gasteiger partial charge in [-0.05, 0) is 25.7 Å². The average Bonchev–Trinajstić information content (AvgIpc) is 2.41. The first kappa shape index (κ1) is 15.9. The van der Waals surface area contributed by atoms with Crippen molar-refractivity contribution in [3.63, 3.8) is 0 Å². The molecule has 1 heterocycles. The standard InChI is InChI=1S/C15H32N2O/c1-5-9-14-12-16-15(6-2,7-3)13-17(14)10-8-11-18-4/h14,16H,5-13H2,1-4H3. The topological polar surface area (TPSA) is 24.5 Å². The highest BCUT2D eigenvalue weighted by Crippen LogP contribution is 2.24. The fourth-order valence-electron chi connectivity index (χ4n) is 3.05. The van der Waals surface area contributed by atoms with Crippen LogP contribution in [0.5, 0.6) is 0 Å². The quantitative estimate of drug-likeness (QED) is 0.676. The molecular weight excluding hydrogens is 224 g/mol. The summed E-state index contributed by atoms with van der Waals surface area (Å²) in [6.45, 7) is 11.3. The second kappa shape index (κ2) is 8.13. The van der Waals surface area contributed by atoms with Crippen molar-refractivity contribution in [1.29, 1.82) is 0 Å². The maximum absolute atomic E-state index is 5.19. The third-order valence-corrected chi connectivity index (χ3v) is 4.50. The van der Waals surface area contributed by atoms with E-state index < -0.39 is 0 Å². The van der Waals surface area contributed by atoms with Gasteiger partial charge in [0, 0.05) is 44.9 Å². The summed E-state index contributed by atoms with van der Waals surface area (Å²) in [4.78, 5) is 2.70. The van der Waals surface area contributed by atoms with E-state index in [2.05, 4.69) is 31.0 Å². The van der Waals surface area contributed by atoms with Crippen molar-refractivity contribution >= 4 is 0 Å². The monoisotopic (exact) mass is 256 g/mol. The predicted octanol–water partition coefficient (Wildman–Crippen LogP) is 2.66. The van der Waals surface area contributed by atoms with Crippen molar-refractivity contribution in [2.75, 3.05) is 33.4 Å². The van der Waals surface area contributed by atoms with Gasteiger partial charge in [-0.1, -0.05) is 27.2 Å². The van der Waals surface area contributed by atoms with Crippen molar-refractivity contribution in [3.05, 3.63) is 0 Å². The normalized spacial score (nSPS) is 24.3. The van der Waals surface area contributed by atoms with Gasteiger partial charge in [0.1, 0.15) is 0 Å². The third kappa shape index (κ3) is 4.22. The molecule has 3 heteroatoms. The van der Waals surface area contributed by atoms with Gasteiger partial charge in [0.05, 0.1) is 0 Å². The van der Waals surface area contributed by atoms with Crippen LogP contribution in [0.3, 0.4) is 0 Å². The minimum atomic E-state index is 0.345. The van der Waals surface area contributed by atoms with E-state index in [1.165, 1.54) is 38.8 Å². The smallest absolute Gasteiger partial charge is 0.0474 e. The first-order valence-electron chi connectivity index (χ1n) is 7.69. The minimum absolute atomic E-state index is 0.345. The lowest BCUT2D eigenvalue weighted by atomic mass is 9.87. The van der Waals surface area contributed by atoms with Gasteiger partial charge in [-0.2, -0.15) is 0 Å². The summed E-state index contributed by atoms with van der Waals surface area (Å²) >= 11 is 0. The van der Waals surface area contributed by atoms with Gasteiger partial charge in [-0.25, -0.2) is 0 Å². The highest BCUT2D eigenvalue weighted by Gasteiger charge is 2.35. The Morgan fingerprint density at radius 1 is 1.28 bits per heavy atom. The Morgan fingerprint density at radius 2 is 2.00 bits per heavy atom. The molecule has 1 fully saturated rings. The SMILES string of the molecule is CCCC1CNC(CC)(CC)CN1CCCOC. The molecule has 0 radical (unpaired) electrons. The van der Waals surface area contributed by atoms with E-state index in [1.807, 2.05) is 0 Å². The number of ether oxygens (including phenoxy) is 1. The average molecular weight is 256 g/mol. The molecule has 0 bridgehead atoms. The van der Waals surface area contributed by atoms with Gasteiger partial charge in [0.15, 0.2) is 0 Å². The van der Waals surface area contributed by atoms with Crippen LogP contribution in [-0.2, 0) is 4.74 Å². The Bertz CT molecular complexity index is 217. The van der Waals surface area contributed by atoms with E-state index in [0.717, 1.165) is 25.6 Å². The number of hydrogen-bond acceptors (Lipinski definition) is 3. The van der Waals surface area contributed by atoms with Gasteiger partial charge in [-0.3, -0.25) is 4.90 Å². The summed E-state index contributed by atoms with van der Waals surface area (Å²) in [5.41, 5.74) is 0.345. The summed E-state index contributed by atoms with van der Waals surface area (Å²) in [6, 6.07) is 0.720. The molecule has 0 aromatic carbocycles. The summed E-state index contributed by atoms with van der Waals surface area (Å²) in [5, 5.41) is 3.81. The summed E-state index contributed by atoms with van der Waals surface area (Å²) in [7, 11) is 1.80. The van der Waals surface area contributed by atoms with E-state index in [-0.39, 0.29) is 0 Å². The molecule has 0 aromatic heterocycles. The molecule has 1 aliphatic rings. The van der Waals surface area contributed by atoms with Gasteiger partial charge in [0.25, 0.3) is 0 Å². The molecule has 1 saturated heterocycles. The molecule has 1 atom stereocenters. The van der Waals surface area contributed by atoms with E-state index in [0.29, 0.717) is 5.54 Å². The van der Waals surface area contributed by atoms with E-state index >= 15 is 0 Å². The Kier molecular flexibility index (Phi) is 7.20. The summed E-state index contributed by atoms with van der Waals surface area (Å²) < 4.78 is 5.19. The lowest BCUT2D eigenvalue weighted by Gasteiger charge is -2.47. The van der Waals surface area contributed by atoms with Gasteiger partial charge < -0.3 is 10.1 Å². The predicted molar refractivity (Wildman–Crippen MR) is 78.1 cm³/mol. The molecule has 0 aromatic rings. The zero-order chi connectivity index (χ0) is 13.4. The molecule has 0 spiro atoms. The van der Waals surface area contributed by atoms with Gasteiger partial charge in [-0.15, -0.1) is 0 Å². The molecule has 0 amide bonds. The van der Waals surface area contributed by atoms with Crippen molar-refractivity contribution in [1.82, 2.24) is 10.2 Å². The second-order valence-corrected chi connectivity index (χ2v) is 5.63. The molecule has 18 heavy (non-hydrogen) atoms. The fourth-order valence-corrected chi connectivity index (χ4v) is 3.05. The van der Waals surface area contributed by atoms with Crippen LogP contribution in [0, 0.1) is 0 Å². The Balaban J connectivity index is 2.57. The molecule has 0 aliphatic carbocycles. The molecule has 1 aliphatic heterocycles. The Labute approximate surface area is 113 Å². The number of piperazine rings is 1. The molecule has 3 nitrogen and oxygen atoms in total. The van der Waals surface area contributed by atoms with Crippen LogP contribution < -0.4 is 5.32 Å². The number of methoxy groups -OCH3 is 1. The van der Waals surface area contributed by atoms with Crippen LogP contribution in [0.4, 0.5) is 0 Å². The molecular formula is C15H32N2O. The van der Waals surface area contributed by atoms with Crippen molar-refractivity contribution in [2.24, 2.45) is 0 Å². The highest BCUT2D eigenvalue weighted by atomic mass is 16.5. The van der Waals surface area contributed by atoms with Crippen LogP contribution in [0.2, 0.25) is 0 Å². The number of hydrogen-bond donors (Lipinski definition) is 1. The van der Waals surface area contributed by atoms with Crippen LogP contribution in [0.1, 0.15) is 52.9 Å². The molecule has 0 saturated carbocycles. The molecule has 1 unspecified atom stereocenters. The lowest BCUT2D eigenvalue weighted by Crippen LogP contribution is -2.63. The van der Waals surface area contributed by atoms with Gasteiger partial charge in [0.2, 0.25) is 0 Å².